The maximum absolute atomic E-state index is 12.6. The number of rotatable bonds is 7. The lowest BCUT2D eigenvalue weighted by Crippen LogP contribution is -2.31. The molecule has 1 aliphatic heterocycles. The fraction of sp³-hybridized carbons (Fsp3) is 0.263. The van der Waals surface area contributed by atoms with Crippen molar-refractivity contribution < 1.29 is 28.7 Å². The summed E-state index contributed by atoms with van der Waals surface area (Å²) in [7, 11) is 2.81. The molecule has 3 amide bonds. The molecule has 0 aliphatic carbocycles. The third-order valence-corrected chi connectivity index (χ3v) is 5.14. The van der Waals surface area contributed by atoms with E-state index in [0.29, 0.717) is 18.7 Å². The normalized spacial score (nSPS) is 12.9. The summed E-state index contributed by atoms with van der Waals surface area (Å²) in [6.07, 6.45) is 0.532. The maximum atomic E-state index is 12.6. The third-order valence-electron chi connectivity index (χ3n) is 4.25. The minimum absolute atomic E-state index is 0.188. The molecule has 1 aromatic carbocycles. The molecule has 0 saturated carbocycles. The Bertz CT molecular complexity index is 952. The van der Waals surface area contributed by atoms with Crippen molar-refractivity contribution in [2.24, 2.45) is 0 Å². The predicted molar refractivity (Wildman–Crippen MR) is 102 cm³/mol. The van der Waals surface area contributed by atoms with Gasteiger partial charge in [0, 0.05) is 25.8 Å². The van der Waals surface area contributed by atoms with Gasteiger partial charge in [-0.15, -0.1) is 11.3 Å². The lowest BCUT2D eigenvalue weighted by atomic mass is 10.1. The zero-order valence-electron chi connectivity index (χ0n) is 15.3. The Morgan fingerprint density at radius 3 is 2.57 bits per heavy atom. The third kappa shape index (κ3) is 3.67. The van der Waals surface area contributed by atoms with Crippen LogP contribution in [0.5, 0.6) is 0 Å². The quantitative estimate of drug-likeness (QED) is 0.434. The number of hydrogen-bond donors (Lipinski definition) is 1. The van der Waals surface area contributed by atoms with Crippen LogP contribution in [-0.2, 0) is 9.47 Å². The molecule has 0 radical (unpaired) electrons. The van der Waals surface area contributed by atoms with E-state index >= 15 is 0 Å². The summed E-state index contributed by atoms with van der Waals surface area (Å²) in [6, 6.07) is 5.93. The molecule has 8 nitrogen and oxygen atoms in total. The summed E-state index contributed by atoms with van der Waals surface area (Å²) >= 11 is 1.14. The minimum Gasteiger partial charge on any atom is -0.465 e. The number of methoxy groups -OCH3 is 2. The number of esters is 1. The first-order valence-electron chi connectivity index (χ1n) is 8.44. The van der Waals surface area contributed by atoms with Gasteiger partial charge < -0.3 is 14.8 Å². The zero-order valence-corrected chi connectivity index (χ0v) is 16.1. The maximum Gasteiger partial charge on any atom is 0.350 e. The molecule has 0 fully saturated rings. The van der Waals surface area contributed by atoms with Gasteiger partial charge in [0.2, 0.25) is 0 Å². The van der Waals surface area contributed by atoms with Gasteiger partial charge in [0.1, 0.15) is 4.88 Å². The van der Waals surface area contributed by atoms with E-state index in [1.165, 1.54) is 25.3 Å². The number of fused-ring (bicyclic) bond motifs is 1. The van der Waals surface area contributed by atoms with E-state index in [-0.39, 0.29) is 34.0 Å². The SMILES string of the molecule is COCCCN1C(=O)c2ccc(C(=O)Nc3ccsc3C(=O)OC)cc2C1=O. The molecule has 0 atom stereocenters. The highest BCUT2D eigenvalue weighted by atomic mass is 32.1. The molecule has 2 aromatic rings. The van der Waals surface area contributed by atoms with Gasteiger partial charge in [0.15, 0.2) is 0 Å². The molecule has 1 aliphatic rings. The number of ether oxygens (including phenoxy) is 2. The van der Waals surface area contributed by atoms with Crippen LogP contribution < -0.4 is 5.32 Å². The van der Waals surface area contributed by atoms with Crippen LogP contribution in [0.4, 0.5) is 5.69 Å². The lowest BCUT2D eigenvalue weighted by Gasteiger charge is -2.12. The Balaban J connectivity index is 1.79. The number of imide groups is 1. The van der Waals surface area contributed by atoms with E-state index in [9.17, 15) is 19.2 Å². The summed E-state index contributed by atoms with van der Waals surface area (Å²) in [5.41, 5.74) is 0.991. The minimum atomic E-state index is -0.549. The van der Waals surface area contributed by atoms with Crippen LogP contribution in [0.3, 0.4) is 0 Å². The van der Waals surface area contributed by atoms with E-state index in [0.717, 1.165) is 16.2 Å². The van der Waals surface area contributed by atoms with Gasteiger partial charge in [-0.3, -0.25) is 19.3 Å². The number of thiophene rings is 1. The second-order valence-corrected chi connectivity index (χ2v) is 6.89. The van der Waals surface area contributed by atoms with Crippen LogP contribution in [0.1, 0.15) is 47.2 Å². The molecule has 28 heavy (non-hydrogen) atoms. The molecule has 0 saturated heterocycles. The van der Waals surface area contributed by atoms with Gasteiger partial charge in [-0.2, -0.15) is 0 Å². The second kappa shape index (κ2) is 8.32. The summed E-state index contributed by atoms with van der Waals surface area (Å²) in [5.74, 6) is -1.86. The Morgan fingerprint density at radius 2 is 1.86 bits per heavy atom. The standard InChI is InChI=1S/C19H18N2O6S/c1-26-8-3-7-21-17(23)12-5-4-11(10-13(12)18(21)24)16(22)20-14-6-9-28-15(14)19(25)27-2/h4-6,9-10H,3,7-8H2,1-2H3,(H,20,22). The van der Waals surface area contributed by atoms with E-state index < -0.39 is 17.8 Å². The smallest absolute Gasteiger partial charge is 0.350 e. The highest BCUT2D eigenvalue weighted by Gasteiger charge is 2.35. The van der Waals surface area contributed by atoms with Crippen LogP contribution in [0.15, 0.2) is 29.6 Å². The predicted octanol–water partition coefficient (Wildman–Crippen LogP) is 2.42. The van der Waals surface area contributed by atoms with Crippen molar-refractivity contribution >= 4 is 40.7 Å². The molecule has 0 unspecified atom stereocenters. The topological polar surface area (TPSA) is 102 Å². The van der Waals surface area contributed by atoms with Crippen LogP contribution in [0, 0.1) is 0 Å². The van der Waals surface area contributed by atoms with Crippen LogP contribution in [0.2, 0.25) is 0 Å². The summed E-state index contributed by atoms with van der Waals surface area (Å²) in [6.45, 7) is 0.684. The van der Waals surface area contributed by atoms with E-state index in [2.05, 4.69) is 10.1 Å². The fourth-order valence-electron chi connectivity index (χ4n) is 2.85. The molecule has 146 valence electrons. The van der Waals surface area contributed by atoms with Crippen molar-refractivity contribution in [2.45, 2.75) is 6.42 Å². The number of nitrogens with one attached hydrogen (secondary N) is 1. The first-order valence-corrected chi connectivity index (χ1v) is 9.32. The number of benzene rings is 1. The molecular weight excluding hydrogens is 384 g/mol. The van der Waals surface area contributed by atoms with Crippen LogP contribution >= 0.6 is 11.3 Å². The van der Waals surface area contributed by atoms with Crippen molar-refractivity contribution in [1.82, 2.24) is 4.90 Å². The second-order valence-electron chi connectivity index (χ2n) is 5.98. The van der Waals surface area contributed by atoms with Gasteiger partial charge in [-0.05, 0) is 36.1 Å². The highest BCUT2D eigenvalue weighted by molar-refractivity contribution is 7.12. The van der Waals surface area contributed by atoms with Gasteiger partial charge >= 0.3 is 5.97 Å². The number of amides is 3. The number of hydrogen-bond acceptors (Lipinski definition) is 7. The largest absolute Gasteiger partial charge is 0.465 e. The molecular formula is C19H18N2O6S. The lowest BCUT2D eigenvalue weighted by molar-refractivity contribution is 0.0603. The Kier molecular flexibility index (Phi) is 5.86. The van der Waals surface area contributed by atoms with Crippen molar-refractivity contribution in [2.75, 3.05) is 32.7 Å². The highest BCUT2D eigenvalue weighted by Crippen LogP contribution is 2.26. The number of carbonyl (C=O) groups excluding carboxylic acids is 4. The molecule has 1 N–H and O–H groups in total. The molecule has 0 bridgehead atoms. The number of anilines is 1. The van der Waals surface area contributed by atoms with Gasteiger partial charge in [-0.1, -0.05) is 0 Å². The van der Waals surface area contributed by atoms with Crippen LogP contribution in [-0.4, -0.2) is 56.0 Å². The summed E-state index contributed by atoms with van der Waals surface area (Å²) in [4.78, 5) is 50.7. The molecule has 9 heteroatoms. The van der Waals surface area contributed by atoms with Gasteiger partial charge in [0.05, 0.1) is 23.9 Å². The van der Waals surface area contributed by atoms with E-state index in [1.54, 1.807) is 18.6 Å². The monoisotopic (exact) mass is 402 g/mol. The zero-order chi connectivity index (χ0) is 20.3. The number of nitrogens with zero attached hydrogens (tertiary/aromatic N) is 1. The van der Waals surface area contributed by atoms with Crippen LogP contribution in [0.25, 0.3) is 0 Å². The molecule has 3 rings (SSSR count). The van der Waals surface area contributed by atoms with Gasteiger partial charge in [-0.25, -0.2) is 4.79 Å². The van der Waals surface area contributed by atoms with Crippen molar-refractivity contribution in [3.63, 3.8) is 0 Å². The first-order chi connectivity index (χ1) is 13.5. The Hall–Kier alpha value is -3.04. The van der Waals surface area contributed by atoms with Crippen molar-refractivity contribution in [1.29, 1.82) is 0 Å². The Morgan fingerprint density at radius 1 is 1.11 bits per heavy atom. The van der Waals surface area contributed by atoms with E-state index in [1.807, 2.05) is 0 Å². The van der Waals surface area contributed by atoms with Gasteiger partial charge in [0.25, 0.3) is 17.7 Å². The first kappa shape index (κ1) is 19.7. The fourth-order valence-corrected chi connectivity index (χ4v) is 3.62. The average molecular weight is 402 g/mol. The van der Waals surface area contributed by atoms with Crippen molar-refractivity contribution in [3.8, 4) is 0 Å². The summed E-state index contributed by atoms with van der Waals surface area (Å²) in [5, 5.41) is 4.29. The Labute approximate surface area is 165 Å². The molecule has 2 heterocycles. The van der Waals surface area contributed by atoms with E-state index in [4.69, 9.17) is 4.74 Å². The van der Waals surface area contributed by atoms with Crippen molar-refractivity contribution in [3.05, 3.63) is 51.2 Å². The average Bonchev–Trinajstić information content (AvgIpc) is 3.25. The number of carbonyl (C=O) groups is 4. The molecule has 0 spiro atoms. The molecule has 1 aromatic heterocycles. The summed E-state index contributed by atoms with van der Waals surface area (Å²) < 4.78 is 9.63.